The van der Waals surface area contributed by atoms with Crippen LogP contribution in [-0.4, -0.2) is 26.5 Å². The van der Waals surface area contributed by atoms with Crippen molar-refractivity contribution in [1.29, 1.82) is 0 Å². The summed E-state index contributed by atoms with van der Waals surface area (Å²) in [4.78, 5) is 0. The van der Waals surface area contributed by atoms with Crippen molar-refractivity contribution in [2.75, 3.05) is 18.1 Å². The molecular weight excluding hydrogens is 305 g/mol. The highest BCUT2D eigenvalue weighted by Gasteiger charge is 2.27. The maximum atomic E-state index is 11.4. The molecule has 1 saturated heterocycles. The highest BCUT2D eigenvalue weighted by atomic mass is 35.5. The van der Waals surface area contributed by atoms with Crippen molar-refractivity contribution in [2.45, 2.75) is 19.4 Å². The topological polar surface area (TPSA) is 46.2 Å². The lowest BCUT2D eigenvalue weighted by Gasteiger charge is -2.18. The molecule has 0 amide bonds. The molecule has 1 heterocycles. The van der Waals surface area contributed by atoms with Gasteiger partial charge in [0, 0.05) is 16.1 Å². The summed E-state index contributed by atoms with van der Waals surface area (Å²) in [6.07, 6.45) is 0.746. The first-order valence-electron chi connectivity index (χ1n) is 6.26. The van der Waals surface area contributed by atoms with Crippen molar-refractivity contribution in [3.63, 3.8) is 0 Å². The lowest BCUT2D eigenvalue weighted by molar-refractivity contribution is 0.476. The van der Waals surface area contributed by atoms with Gasteiger partial charge in [-0.2, -0.15) is 0 Å². The SMILES string of the molecule is CC(NCC1CCS(=O)(=O)C1)c1ccc(Cl)cc1Cl. The van der Waals surface area contributed by atoms with E-state index in [2.05, 4.69) is 5.32 Å². The Kier molecular flexibility index (Phi) is 4.77. The van der Waals surface area contributed by atoms with Crippen molar-refractivity contribution >= 4 is 33.0 Å². The van der Waals surface area contributed by atoms with Crippen molar-refractivity contribution in [1.82, 2.24) is 5.32 Å². The van der Waals surface area contributed by atoms with Gasteiger partial charge in [0.25, 0.3) is 0 Å². The van der Waals surface area contributed by atoms with Crippen LogP contribution in [0.1, 0.15) is 24.9 Å². The molecule has 0 saturated carbocycles. The molecule has 19 heavy (non-hydrogen) atoms. The van der Waals surface area contributed by atoms with Gasteiger partial charge in [0.1, 0.15) is 0 Å². The van der Waals surface area contributed by atoms with Crippen LogP contribution in [0.2, 0.25) is 10.0 Å². The van der Waals surface area contributed by atoms with Gasteiger partial charge in [-0.3, -0.25) is 0 Å². The number of hydrogen-bond donors (Lipinski definition) is 1. The Morgan fingerprint density at radius 2 is 2.16 bits per heavy atom. The summed E-state index contributed by atoms with van der Waals surface area (Å²) < 4.78 is 22.8. The Bertz CT molecular complexity index is 560. The average molecular weight is 322 g/mol. The predicted molar refractivity (Wildman–Crippen MR) is 79.6 cm³/mol. The molecule has 3 nitrogen and oxygen atoms in total. The Hall–Kier alpha value is -0.290. The summed E-state index contributed by atoms with van der Waals surface area (Å²) in [6, 6.07) is 5.50. The second-order valence-corrected chi connectivity index (χ2v) is 8.14. The summed E-state index contributed by atoms with van der Waals surface area (Å²) in [6.45, 7) is 2.71. The van der Waals surface area contributed by atoms with Gasteiger partial charge in [0.15, 0.2) is 9.84 Å². The molecule has 0 radical (unpaired) electrons. The molecule has 1 fully saturated rings. The largest absolute Gasteiger partial charge is 0.310 e. The van der Waals surface area contributed by atoms with Gasteiger partial charge in [-0.15, -0.1) is 0 Å². The standard InChI is InChI=1S/C13H17Cl2NO2S/c1-9(12-3-2-11(14)6-13(12)15)16-7-10-4-5-19(17,18)8-10/h2-3,6,9-10,16H,4-5,7-8H2,1H3. The highest BCUT2D eigenvalue weighted by Crippen LogP contribution is 2.26. The van der Waals surface area contributed by atoms with E-state index in [4.69, 9.17) is 23.2 Å². The molecule has 106 valence electrons. The van der Waals surface area contributed by atoms with Gasteiger partial charge in [0.05, 0.1) is 11.5 Å². The summed E-state index contributed by atoms with van der Waals surface area (Å²) in [5.41, 5.74) is 0.979. The fourth-order valence-electron chi connectivity index (χ4n) is 2.34. The number of hydrogen-bond acceptors (Lipinski definition) is 3. The Morgan fingerprint density at radius 1 is 1.42 bits per heavy atom. The molecule has 6 heteroatoms. The minimum Gasteiger partial charge on any atom is -0.310 e. The van der Waals surface area contributed by atoms with Crippen molar-refractivity contribution in [2.24, 2.45) is 5.92 Å². The van der Waals surface area contributed by atoms with Crippen LogP contribution in [0.4, 0.5) is 0 Å². The number of halogens is 2. The van der Waals surface area contributed by atoms with Gasteiger partial charge in [-0.1, -0.05) is 29.3 Å². The number of sulfone groups is 1. The van der Waals surface area contributed by atoms with E-state index in [0.29, 0.717) is 28.1 Å². The van der Waals surface area contributed by atoms with Crippen LogP contribution >= 0.6 is 23.2 Å². The van der Waals surface area contributed by atoms with Crippen LogP contribution in [0, 0.1) is 5.92 Å². The van der Waals surface area contributed by atoms with Crippen LogP contribution in [0.25, 0.3) is 0 Å². The monoisotopic (exact) mass is 321 g/mol. The third kappa shape index (κ3) is 4.09. The predicted octanol–water partition coefficient (Wildman–Crippen LogP) is 3.08. The maximum absolute atomic E-state index is 11.4. The molecule has 0 aromatic heterocycles. The molecule has 1 N–H and O–H groups in total. The lowest BCUT2D eigenvalue weighted by atomic mass is 10.1. The molecule has 0 spiro atoms. The fraction of sp³-hybridized carbons (Fsp3) is 0.538. The summed E-state index contributed by atoms with van der Waals surface area (Å²) >= 11 is 12.0. The second-order valence-electron chi connectivity index (χ2n) is 5.06. The molecule has 0 bridgehead atoms. The van der Waals surface area contributed by atoms with E-state index in [1.54, 1.807) is 12.1 Å². The number of benzene rings is 1. The zero-order valence-electron chi connectivity index (χ0n) is 10.7. The van der Waals surface area contributed by atoms with Gasteiger partial charge < -0.3 is 5.32 Å². The van der Waals surface area contributed by atoms with E-state index in [0.717, 1.165) is 12.0 Å². The van der Waals surface area contributed by atoms with Gasteiger partial charge in [-0.05, 0) is 43.5 Å². The minimum atomic E-state index is -2.81. The average Bonchev–Trinajstić information content (AvgIpc) is 2.66. The van der Waals surface area contributed by atoms with E-state index in [1.807, 2.05) is 13.0 Å². The molecule has 0 aliphatic carbocycles. The third-order valence-electron chi connectivity index (χ3n) is 3.47. The second kappa shape index (κ2) is 6.00. The molecule has 1 aliphatic heterocycles. The molecule has 1 aliphatic rings. The van der Waals surface area contributed by atoms with Crippen LogP contribution in [-0.2, 0) is 9.84 Å². The normalized spacial score (nSPS) is 23.4. The third-order valence-corrected chi connectivity index (χ3v) is 5.87. The van der Waals surface area contributed by atoms with Crippen molar-refractivity contribution in [3.8, 4) is 0 Å². The van der Waals surface area contributed by atoms with Crippen LogP contribution in [0.15, 0.2) is 18.2 Å². The van der Waals surface area contributed by atoms with Crippen molar-refractivity contribution < 1.29 is 8.42 Å². The van der Waals surface area contributed by atoms with Gasteiger partial charge in [0.2, 0.25) is 0 Å². The van der Waals surface area contributed by atoms with E-state index < -0.39 is 9.84 Å². The molecular formula is C13H17Cl2NO2S. The quantitative estimate of drug-likeness (QED) is 0.927. The molecule has 2 rings (SSSR count). The molecule has 2 atom stereocenters. The van der Waals surface area contributed by atoms with Gasteiger partial charge >= 0.3 is 0 Å². The summed E-state index contributed by atoms with van der Waals surface area (Å²) in [5, 5.41) is 4.59. The van der Waals surface area contributed by atoms with E-state index in [1.165, 1.54) is 0 Å². The smallest absolute Gasteiger partial charge is 0.150 e. The van der Waals surface area contributed by atoms with Crippen LogP contribution < -0.4 is 5.32 Å². The van der Waals surface area contributed by atoms with E-state index in [9.17, 15) is 8.42 Å². The Labute approximate surface area is 124 Å². The minimum absolute atomic E-state index is 0.0769. The fourth-order valence-corrected chi connectivity index (χ4v) is 4.77. The van der Waals surface area contributed by atoms with E-state index >= 15 is 0 Å². The lowest BCUT2D eigenvalue weighted by Crippen LogP contribution is -2.26. The number of nitrogens with one attached hydrogen (secondary N) is 1. The Balaban J connectivity index is 1.93. The summed E-state index contributed by atoms with van der Waals surface area (Å²) in [7, 11) is -2.81. The van der Waals surface area contributed by atoms with Crippen molar-refractivity contribution in [3.05, 3.63) is 33.8 Å². The first-order chi connectivity index (χ1) is 8.87. The first-order valence-corrected chi connectivity index (χ1v) is 8.84. The number of rotatable bonds is 4. The Morgan fingerprint density at radius 3 is 2.74 bits per heavy atom. The van der Waals surface area contributed by atoms with E-state index in [-0.39, 0.29) is 12.0 Å². The maximum Gasteiger partial charge on any atom is 0.150 e. The first kappa shape index (κ1) is 15.1. The highest BCUT2D eigenvalue weighted by molar-refractivity contribution is 7.91. The molecule has 2 unspecified atom stereocenters. The molecule has 1 aromatic carbocycles. The zero-order chi connectivity index (χ0) is 14.0. The van der Waals surface area contributed by atoms with Gasteiger partial charge in [-0.25, -0.2) is 8.42 Å². The molecule has 1 aromatic rings. The van der Waals surface area contributed by atoms with Crippen LogP contribution in [0.3, 0.4) is 0 Å². The van der Waals surface area contributed by atoms with Crippen LogP contribution in [0.5, 0.6) is 0 Å². The zero-order valence-corrected chi connectivity index (χ0v) is 13.0. The summed E-state index contributed by atoms with van der Waals surface area (Å²) in [5.74, 6) is 0.815.